The summed E-state index contributed by atoms with van der Waals surface area (Å²) in [5, 5.41) is 0. The summed E-state index contributed by atoms with van der Waals surface area (Å²) in [5.41, 5.74) is 0. The number of imidazole rings is 1. The van der Waals surface area contributed by atoms with Gasteiger partial charge in [-0.25, -0.2) is 4.98 Å². The molecule has 0 spiro atoms. The van der Waals surface area contributed by atoms with E-state index in [4.69, 9.17) is 18.9 Å². The van der Waals surface area contributed by atoms with E-state index >= 15 is 0 Å². The number of esters is 2. The van der Waals surface area contributed by atoms with Gasteiger partial charge >= 0.3 is 11.9 Å². The van der Waals surface area contributed by atoms with Crippen LogP contribution in [0.1, 0.15) is 200 Å². The van der Waals surface area contributed by atoms with Crippen LogP contribution in [0.15, 0.2) is 12.4 Å². The molecule has 0 bridgehead atoms. The van der Waals surface area contributed by atoms with Crippen molar-refractivity contribution in [3.63, 3.8) is 0 Å². The number of nitrogens with zero attached hydrogens (tertiary/aromatic N) is 3. The van der Waals surface area contributed by atoms with Crippen molar-refractivity contribution in [2.45, 2.75) is 207 Å². The monoisotopic (exact) mass is 778 g/mol. The van der Waals surface area contributed by atoms with Crippen LogP contribution in [0.5, 0.6) is 0 Å². The molecule has 1 heterocycles. The van der Waals surface area contributed by atoms with Gasteiger partial charge in [-0.1, -0.05) is 162 Å². The molecule has 322 valence electrons. The van der Waals surface area contributed by atoms with Crippen molar-refractivity contribution in [3.8, 4) is 0 Å². The van der Waals surface area contributed by atoms with E-state index in [1.165, 1.54) is 141 Å². The van der Waals surface area contributed by atoms with Gasteiger partial charge in [-0.2, -0.15) is 0 Å². The lowest BCUT2D eigenvalue weighted by molar-refractivity contribution is -0.145. The second kappa shape index (κ2) is 40.2. The van der Waals surface area contributed by atoms with E-state index in [0.29, 0.717) is 26.3 Å². The highest BCUT2D eigenvalue weighted by atomic mass is 16.6. The molecule has 0 radical (unpaired) electrons. The Morgan fingerprint density at radius 2 is 0.909 bits per heavy atom. The number of rotatable bonds is 43. The summed E-state index contributed by atoms with van der Waals surface area (Å²) in [5.74, 6) is 0.616. The highest BCUT2D eigenvalue weighted by Crippen LogP contribution is 2.13. The standard InChI is InChI=1S/C46H87N3O6/c1-4-7-9-11-13-15-17-19-21-23-25-27-38-52-40-42-54-45(50)30-35-48(33-29-34-49-37-32-47-44(49)6-3)36-31-46(51)55-43-41-53-39-28-26-24-22-20-18-16-14-12-10-8-5-2/h32,37H,4-31,33-36,38-43H2,1-3H3. The maximum absolute atomic E-state index is 12.5. The second-order valence-electron chi connectivity index (χ2n) is 15.5. The van der Waals surface area contributed by atoms with Gasteiger partial charge in [0.05, 0.1) is 26.1 Å². The lowest BCUT2D eigenvalue weighted by atomic mass is 10.1. The average molecular weight is 778 g/mol. The van der Waals surface area contributed by atoms with Gasteiger partial charge in [-0.05, 0) is 25.8 Å². The second-order valence-corrected chi connectivity index (χ2v) is 15.5. The third-order valence-electron chi connectivity index (χ3n) is 10.5. The van der Waals surface area contributed by atoms with Crippen LogP contribution in [-0.2, 0) is 41.5 Å². The fourth-order valence-corrected chi connectivity index (χ4v) is 7.02. The molecule has 9 nitrogen and oxygen atoms in total. The fraction of sp³-hybridized carbons (Fsp3) is 0.891. The Kier molecular flexibility index (Phi) is 37.3. The van der Waals surface area contributed by atoms with Crippen LogP contribution in [0.2, 0.25) is 0 Å². The summed E-state index contributed by atoms with van der Waals surface area (Å²) in [7, 11) is 0. The molecule has 1 rings (SSSR count). The quantitative estimate of drug-likeness (QED) is 0.0478. The molecule has 55 heavy (non-hydrogen) atoms. The summed E-state index contributed by atoms with van der Waals surface area (Å²) in [4.78, 5) is 31.6. The van der Waals surface area contributed by atoms with Crippen molar-refractivity contribution < 1.29 is 28.5 Å². The largest absolute Gasteiger partial charge is 0.463 e. The van der Waals surface area contributed by atoms with Crippen molar-refractivity contribution in [1.82, 2.24) is 14.5 Å². The first-order chi connectivity index (χ1) is 27.1. The molecule has 0 saturated heterocycles. The number of hydrogen-bond donors (Lipinski definition) is 0. The molecular formula is C46H87N3O6. The first-order valence-electron chi connectivity index (χ1n) is 23.3. The van der Waals surface area contributed by atoms with Gasteiger partial charge in [-0.3, -0.25) is 9.59 Å². The van der Waals surface area contributed by atoms with Crippen LogP contribution in [-0.4, -0.2) is 85.7 Å². The van der Waals surface area contributed by atoms with Crippen molar-refractivity contribution in [2.75, 3.05) is 59.3 Å². The van der Waals surface area contributed by atoms with Crippen LogP contribution in [0.25, 0.3) is 0 Å². The summed E-state index contributed by atoms with van der Waals surface area (Å²) < 4.78 is 24.5. The van der Waals surface area contributed by atoms with E-state index < -0.39 is 0 Å². The lowest BCUT2D eigenvalue weighted by Gasteiger charge is -2.22. The Balaban J connectivity index is 2.14. The first-order valence-corrected chi connectivity index (χ1v) is 23.3. The number of carbonyl (C=O) groups is 2. The molecule has 1 aromatic heterocycles. The Hall–Kier alpha value is -1.97. The van der Waals surface area contributed by atoms with Crippen molar-refractivity contribution in [2.24, 2.45) is 0 Å². The molecule has 1 aromatic rings. The molecule has 0 amide bonds. The highest BCUT2D eigenvalue weighted by Gasteiger charge is 2.13. The number of carbonyl (C=O) groups excluding carboxylic acids is 2. The number of unbranched alkanes of at least 4 members (excludes halogenated alkanes) is 22. The lowest BCUT2D eigenvalue weighted by Crippen LogP contribution is -2.31. The maximum atomic E-state index is 12.5. The number of aromatic nitrogens is 2. The summed E-state index contributed by atoms with van der Waals surface area (Å²) in [6.07, 6.45) is 38.0. The van der Waals surface area contributed by atoms with Gasteiger partial charge in [-0.15, -0.1) is 0 Å². The normalized spacial score (nSPS) is 11.5. The summed E-state index contributed by atoms with van der Waals surface area (Å²) in [6, 6.07) is 0. The topological polar surface area (TPSA) is 92.1 Å². The molecule has 0 atom stereocenters. The molecule has 0 aliphatic rings. The number of aryl methyl sites for hydroxylation is 2. The fourth-order valence-electron chi connectivity index (χ4n) is 7.02. The number of hydrogen-bond acceptors (Lipinski definition) is 8. The molecule has 0 saturated carbocycles. The van der Waals surface area contributed by atoms with Crippen LogP contribution in [0.3, 0.4) is 0 Å². The van der Waals surface area contributed by atoms with Gasteiger partial charge in [0.2, 0.25) is 0 Å². The van der Waals surface area contributed by atoms with Gasteiger partial charge in [0.15, 0.2) is 0 Å². The predicted molar refractivity (Wildman–Crippen MR) is 228 cm³/mol. The Labute approximate surface area is 338 Å². The minimum Gasteiger partial charge on any atom is -0.463 e. The smallest absolute Gasteiger partial charge is 0.307 e. The Morgan fingerprint density at radius 1 is 0.509 bits per heavy atom. The van der Waals surface area contributed by atoms with Crippen LogP contribution < -0.4 is 0 Å². The molecule has 0 N–H and O–H groups in total. The zero-order chi connectivity index (χ0) is 39.7. The third kappa shape index (κ3) is 33.8. The van der Waals surface area contributed by atoms with E-state index in [9.17, 15) is 9.59 Å². The number of ether oxygens (including phenoxy) is 4. The van der Waals surface area contributed by atoms with E-state index in [0.717, 1.165) is 57.8 Å². The van der Waals surface area contributed by atoms with E-state index in [-0.39, 0.29) is 38.0 Å². The van der Waals surface area contributed by atoms with E-state index in [1.54, 1.807) is 0 Å². The predicted octanol–water partition coefficient (Wildman–Crippen LogP) is 11.4. The van der Waals surface area contributed by atoms with E-state index in [1.807, 2.05) is 12.4 Å². The zero-order valence-corrected chi connectivity index (χ0v) is 36.3. The van der Waals surface area contributed by atoms with Gasteiger partial charge in [0, 0.05) is 51.7 Å². The van der Waals surface area contributed by atoms with Gasteiger partial charge < -0.3 is 28.4 Å². The van der Waals surface area contributed by atoms with Crippen molar-refractivity contribution in [3.05, 3.63) is 18.2 Å². The molecule has 0 unspecified atom stereocenters. The molecule has 0 fully saturated rings. The van der Waals surface area contributed by atoms with Gasteiger partial charge in [0.25, 0.3) is 0 Å². The molecular weight excluding hydrogens is 691 g/mol. The minimum atomic E-state index is -0.227. The van der Waals surface area contributed by atoms with E-state index in [2.05, 4.69) is 35.2 Å². The first kappa shape index (κ1) is 51.0. The molecule has 0 aliphatic carbocycles. The maximum Gasteiger partial charge on any atom is 0.307 e. The Morgan fingerprint density at radius 3 is 1.31 bits per heavy atom. The van der Waals surface area contributed by atoms with Gasteiger partial charge in [0.1, 0.15) is 19.0 Å². The van der Waals surface area contributed by atoms with Crippen LogP contribution in [0.4, 0.5) is 0 Å². The third-order valence-corrected chi connectivity index (χ3v) is 10.5. The van der Waals surface area contributed by atoms with Crippen molar-refractivity contribution >= 4 is 11.9 Å². The van der Waals surface area contributed by atoms with Crippen LogP contribution in [0, 0.1) is 0 Å². The molecule has 9 heteroatoms. The molecule has 0 aliphatic heterocycles. The summed E-state index contributed by atoms with van der Waals surface area (Å²) in [6.45, 7) is 12.2. The zero-order valence-electron chi connectivity index (χ0n) is 36.3. The summed E-state index contributed by atoms with van der Waals surface area (Å²) >= 11 is 0. The Bertz CT molecular complexity index is 921. The van der Waals surface area contributed by atoms with Crippen molar-refractivity contribution in [1.29, 1.82) is 0 Å². The molecule has 0 aromatic carbocycles. The van der Waals surface area contributed by atoms with Crippen LogP contribution >= 0.6 is 0 Å². The highest BCUT2D eigenvalue weighted by molar-refractivity contribution is 5.70. The SMILES string of the molecule is CCCCCCCCCCCCCCOCCOC(=O)CCN(CCCn1ccnc1CC)CCC(=O)OCCOCCCCCCCCCCCCCC. The minimum absolute atomic E-state index is 0.227. The average Bonchev–Trinajstić information content (AvgIpc) is 3.65.